The second kappa shape index (κ2) is 11.2. The molecule has 1 radical (unpaired) electrons. The maximum Gasteiger partial charge on any atom is 0.155 e. The number of carbonyl (C=O) groups excluding carboxylic acids is 1. The number of aryl methyl sites for hydroxylation is 1. The van der Waals surface area contributed by atoms with Gasteiger partial charge < -0.3 is 14.5 Å². The first-order valence-corrected chi connectivity index (χ1v) is 12.4. The van der Waals surface area contributed by atoms with E-state index in [-0.39, 0.29) is 31.6 Å². The van der Waals surface area contributed by atoms with E-state index in [0.717, 1.165) is 43.5 Å². The van der Waals surface area contributed by atoms with Crippen LogP contribution in [0.5, 0.6) is 0 Å². The number of aromatic nitrogens is 1. The van der Waals surface area contributed by atoms with E-state index in [4.69, 9.17) is 14.5 Å². The fourth-order valence-electron chi connectivity index (χ4n) is 4.25. The van der Waals surface area contributed by atoms with Crippen molar-refractivity contribution in [2.24, 2.45) is 0 Å². The molecule has 0 unspecified atom stereocenters. The van der Waals surface area contributed by atoms with Gasteiger partial charge in [-0.2, -0.15) is 0 Å². The molecule has 3 aromatic heterocycles. The van der Waals surface area contributed by atoms with Crippen molar-refractivity contribution in [2.45, 2.75) is 20.8 Å². The number of allylic oxidation sites excluding steroid dienone is 2. The van der Waals surface area contributed by atoms with Gasteiger partial charge in [-0.25, -0.2) is 0 Å². The van der Waals surface area contributed by atoms with E-state index in [1.807, 2.05) is 30.5 Å². The summed E-state index contributed by atoms with van der Waals surface area (Å²) in [5.41, 5.74) is 5.92. The van der Waals surface area contributed by atoms with Crippen molar-refractivity contribution in [3.05, 3.63) is 102 Å². The van der Waals surface area contributed by atoms with Crippen LogP contribution in [0.1, 0.15) is 19.4 Å². The summed E-state index contributed by atoms with van der Waals surface area (Å²) in [6, 6.07) is 28.7. The van der Waals surface area contributed by atoms with Gasteiger partial charge in [-0.15, -0.1) is 29.0 Å². The van der Waals surface area contributed by atoms with Crippen LogP contribution < -0.4 is 0 Å². The minimum atomic E-state index is -0.125. The standard InChI is InChI=1S/C26H16NOS.C5H8O2.Ir/c1-16-13-20-19-9-5-6-10-22(19)28-25(20)21(14-16)24-26-18(11-12-27-24)15-23(29-26)17-7-3-2-4-8-17;1-4(6)3-5(2)7;/h2-13,15H,1H3;3,6H,1-2H3;/q-1;;/b;4-3-;. The van der Waals surface area contributed by atoms with Crippen molar-refractivity contribution in [3.63, 3.8) is 0 Å². The molecule has 6 heteroatoms. The number of aliphatic hydroxyl groups is 1. The molecule has 0 saturated carbocycles. The van der Waals surface area contributed by atoms with Crippen molar-refractivity contribution in [1.82, 2.24) is 4.98 Å². The molecule has 0 atom stereocenters. The number of pyridine rings is 1. The Morgan fingerprint density at radius 1 is 1.00 bits per heavy atom. The normalized spacial score (nSPS) is 11.3. The van der Waals surface area contributed by atoms with Crippen LogP contribution in [0.4, 0.5) is 0 Å². The monoisotopic (exact) mass is 683 g/mol. The van der Waals surface area contributed by atoms with E-state index in [1.165, 1.54) is 35.8 Å². The molecule has 0 saturated heterocycles. The molecular weight excluding hydrogens is 659 g/mol. The summed E-state index contributed by atoms with van der Waals surface area (Å²) in [7, 11) is 0. The van der Waals surface area contributed by atoms with E-state index in [1.54, 1.807) is 11.3 Å². The number of rotatable bonds is 3. The Morgan fingerprint density at radius 3 is 2.43 bits per heavy atom. The number of hydrogen-bond acceptors (Lipinski definition) is 5. The summed E-state index contributed by atoms with van der Waals surface area (Å²) in [6.07, 6.45) is 3.05. The topological polar surface area (TPSA) is 63.3 Å². The number of carbonyl (C=O) groups is 1. The van der Waals surface area contributed by atoms with Crippen LogP contribution in [0, 0.1) is 13.0 Å². The Kier molecular flexibility index (Phi) is 8.03. The van der Waals surface area contributed by atoms with Gasteiger partial charge in [-0.05, 0) is 43.0 Å². The zero-order valence-electron chi connectivity index (χ0n) is 20.5. The molecule has 4 nitrogen and oxygen atoms in total. The van der Waals surface area contributed by atoms with E-state index in [9.17, 15) is 4.79 Å². The molecule has 0 fully saturated rings. The Labute approximate surface area is 232 Å². The molecule has 0 amide bonds. The molecule has 1 N–H and O–H groups in total. The number of aliphatic hydroxyl groups excluding tert-OH is 1. The van der Waals surface area contributed by atoms with Crippen molar-refractivity contribution in [2.75, 3.05) is 0 Å². The van der Waals surface area contributed by atoms with Crippen LogP contribution in [0.25, 0.3) is 53.7 Å². The second-order valence-corrected chi connectivity index (χ2v) is 9.67. The van der Waals surface area contributed by atoms with Crippen LogP contribution >= 0.6 is 11.3 Å². The Balaban J connectivity index is 0.000000356. The summed E-state index contributed by atoms with van der Waals surface area (Å²) in [5, 5.41) is 11.8. The zero-order chi connectivity index (χ0) is 25.2. The van der Waals surface area contributed by atoms with Gasteiger partial charge >= 0.3 is 0 Å². The average Bonchev–Trinajstić information content (AvgIpc) is 3.45. The number of furan rings is 1. The predicted molar refractivity (Wildman–Crippen MR) is 148 cm³/mol. The van der Waals surface area contributed by atoms with Crippen LogP contribution in [0.3, 0.4) is 0 Å². The van der Waals surface area contributed by atoms with Crippen molar-refractivity contribution in [1.29, 1.82) is 0 Å². The molecule has 0 aliphatic heterocycles. The van der Waals surface area contributed by atoms with Crippen LogP contribution in [0.2, 0.25) is 0 Å². The van der Waals surface area contributed by atoms with Gasteiger partial charge in [0.2, 0.25) is 0 Å². The summed E-state index contributed by atoms with van der Waals surface area (Å²) >= 11 is 1.77. The Morgan fingerprint density at radius 2 is 1.73 bits per heavy atom. The quantitative estimate of drug-likeness (QED) is 0.115. The van der Waals surface area contributed by atoms with Gasteiger partial charge in [0.15, 0.2) is 5.78 Å². The van der Waals surface area contributed by atoms with Crippen LogP contribution in [-0.2, 0) is 24.9 Å². The number of thiophene rings is 1. The third kappa shape index (κ3) is 5.57. The molecular formula is C31H24IrNO3S-. The maximum absolute atomic E-state index is 10.0. The summed E-state index contributed by atoms with van der Waals surface area (Å²) in [5.74, 6) is -0.0625. The molecule has 6 aromatic rings. The van der Waals surface area contributed by atoms with E-state index in [2.05, 4.69) is 61.5 Å². The van der Waals surface area contributed by atoms with E-state index >= 15 is 0 Å². The zero-order valence-corrected chi connectivity index (χ0v) is 23.7. The number of hydrogen-bond donors (Lipinski definition) is 1. The third-order valence-electron chi connectivity index (χ3n) is 5.68. The molecule has 37 heavy (non-hydrogen) atoms. The van der Waals surface area contributed by atoms with Crippen LogP contribution in [0.15, 0.2) is 95.2 Å². The number of ketones is 1. The maximum atomic E-state index is 10.0. The first-order valence-electron chi connectivity index (χ1n) is 11.6. The SMILES string of the molecule is CC(=O)/C=C(/C)O.Cc1[c-]c(-c2nccc3cc(-c4ccccc4)sc23)c2oc3ccccc3c2c1.[Ir]. The molecule has 6 rings (SSSR count). The molecule has 0 aliphatic rings. The summed E-state index contributed by atoms with van der Waals surface area (Å²) < 4.78 is 7.43. The van der Waals surface area contributed by atoms with Crippen molar-refractivity contribution in [3.8, 4) is 21.7 Å². The fourth-order valence-corrected chi connectivity index (χ4v) is 5.41. The molecule has 187 valence electrons. The van der Waals surface area contributed by atoms with Gasteiger partial charge in [0, 0.05) is 53.0 Å². The van der Waals surface area contributed by atoms with Crippen molar-refractivity contribution >= 4 is 49.1 Å². The van der Waals surface area contributed by atoms with Gasteiger partial charge in [0.1, 0.15) is 5.58 Å². The number of nitrogens with zero attached hydrogens (tertiary/aromatic N) is 1. The minimum Gasteiger partial charge on any atom is -0.512 e. The van der Waals surface area contributed by atoms with Gasteiger partial charge in [-0.3, -0.25) is 4.79 Å². The largest absolute Gasteiger partial charge is 0.512 e. The molecule has 3 aromatic carbocycles. The van der Waals surface area contributed by atoms with E-state index in [0.29, 0.717) is 0 Å². The Bertz CT molecular complexity index is 1740. The van der Waals surface area contributed by atoms with Crippen LogP contribution in [-0.4, -0.2) is 15.9 Å². The second-order valence-electron chi connectivity index (χ2n) is 8.62. The first kappa shape index (κ1) is 26.5. The first-order chi connectivity index (χ1) is 17.4. The number of para-hydroxylation sites is 1. The third-order valence-corrected chi connectivity index (χ3v) is 6.89. The van der Waals surface area contributed by atoms with Crippen molar-refractivity contribution < 1.29 is 34.4 Å². The van der Waals surface area contributed by atoms with Gasteiger partial charge in [0.25, 0.3) is 0 Å². The average molecular weight is 683 g/mol. The molecule has 3 heterocycles. The molecule has 0 bridgehead atoms. The Hall–Kier alpha value is -3.57. The summed E-state index contributed by atoms with van der Waals surface area (Å²) in [6.45, 7) is 4.93. The summed E-state index contributed by atoms with van der Waals surface area (Å²) in [4.78, 5) is 16.0. The number of benzene rings is 3. The van der Waals surface area contributed by atoms with E-state index < -0.39 is 0 Å². The smallest absolute Gasteiger partial charge is 0.155 e. The minimum absolute atomic E-state index is 0. The van der Waals surface area contributed by atoms with Gasteiger partial charge in [-0.1, -0.05) is 66.4 Å². The molecule has 0 aliphatic carbocycles. The molecule has 0 spiro atoms. The predicted octanol–water partition coefficient (Wildman–Crippen LogP) is 8.67. The number of fused-ring (bicyclic) bond motifs is 4. The van der Waals surface area contributed by atoms with Gasteiger partial charge in [0.05, 0.1) is 11.3 Å². The fraction of sp³-hybridized carbons (Fsp3) is 0.0968.